The number of benzene rings is 3. The topological polar surface area (TPSA) is 151 Å². The standard InChI is InChI=1S/C56H61F2N9O5/c1-4-38-41(57)11-9-35-7-5-8-39(46(35)38)48-47(58)49-40(30-59-48)50(66-22-6-17-54(2,71)31-66)62-52(61-49)72-33-56(18-19-56)32-64-25-20-55(21-26-64)28-37(29-55)65-23-15-34(16-24-65)36-10-12-42-44(27-36)63(3)53(70)67(42)43-13-14-45(68)60-51(43)69/h1,5,7-12,27,30,34,37,43,71H,6,13-26,28-29,31-33H2,2-3H3,(H,60,68,69)/t43?,54-/m1/s1. The van der Waals surface area contributed by atoms with Gasteiger partial charge in [-0.05, 0) is 144 Å². The van der Waals surface area contributed by atoms with Gasteiger partial charge in [0.25, 0.3) is 0 Å². The molecule has 6 aliphatic rings. The molecule has 2 saturated carbocycles. The average Bonchev–Trinajstić information content (AvgIpc) is 4.09. The molecule has 1 unspecified atom stereocenters. The summed E-state index contributed by atoms with van der Waals surface area (Å²) in [4.78, 5) is 59.3. The first kappa shape index (κ1) is 46.8. The normalized spacial score (nSPS) is 23.9. The summed E-state index contributed by atoms with van der Waals surface area (Å²) in [7, 11) is 1.76. The molecule has 72 heavy (non-hydrogen) atoms. The Kier molecular flexibility index (Phi) is 11.5. The van der Waals surface area contributed by atoms with Crippen molar-refractivity contribution >= 4 is 50.3 Å². The number of hydrogen-bond donors (Lipinski definition) is 2. The van der Waals surface area contributed by atoms with E-state index >= 15 is 8.78 Å². The van der Waals surface area contributed by atoms with Crippen molar-refractivity contribution in [2.45, 2.75) is 108 Å². The molecule has 12 rings (SSSR count). The van der Waals surface area contributed by atoms with Crippen molar-refractivity contribution < 1.29 is 28.2 Å². The first-order valence-corrected chi connectivity index (χ1v) is 25.9. The molecular weight excluding hydrogens is 917 g/mol. The second kappa shape index (κ2) is 17.7. The molecule has 6 fully saturated rings. The summed E-state index contributed by atoms with van der Waals surface area (Å²) >= 11 is 0. The summed E-state index contributed by atoms with van der Waals surface area (Å²) in [6, 6.07) is 14.5. The number of aromatic nitrogens is 5. The summed E-state index contributed by atoms with van der Waals surface area (Å²) in [5.74, 6) is 1.36. The largest absolute Gasteiger partial charge is 0.463 e. The second-order valence-electron chi connectivity index (χ2n) is 22.4. The molecule has 16 heteroatoms. The fourth-order valence-electron chi connectivity index (χ4n) is 13.1. The zero-order chi connectivity index (χ0) is 49.7. The van der Waals surface area contributed by atoms with E-state index in [4.69, 9.17) is 21.1 Å². The number of carbonyl (C=O) groups is 2. The highest BCUT2D eigenvalue weighted by molar-refractivity contribution is 6.02. The number of imide groups is 1. The van der Waals surface area contributed by atoms with Gasteiger partial charge in [-0.3, -0.25) is 29.0 Å². The number of likely N-dealkylation sites (tertiary alicyclic amines) is 2. The van der Waals surface area contributed by atoms with E-state index in [0.29, 0.717) is 77.5 Å². The van der Waals surface area contributed by atoms with Gasteiger partial charge >= 0.3 is 11.7 Å². The molecule has 4 aliphatic heterocycles. The van der Waals surface area contributed by atoms with Crippen LogP contribution in [0.3, 0.4) is 0 Å². The molecule has 14 nitrogen and oxygen atoms in total. The van der Waals surface area contributed by atoms with Crippen molar-refractivity contribution in [2.75, 3.05) is 57.3 Å². The van der Waals surface area contributed by atoms with E-state index in [-0.39, 0.29) is 46.2 Å². The first-order chi connectivity index (χ1) is 34.7. The molecule has 2 aliphatic carbocycles. The van der Waals surface area contributed by atoms with Gasteiger partial charge in [0, 0.05) is 61.7 Å². The Morgan fingerprint density at radius 2 is 1.72 bits per heavy atom. The van der Waals surface area contributed by atoms with E-state index < -0.39 is 29.2 Å². The minimum absolute atomic E-state index is 0.00349. The molecule has 3 aromatic carbocycles. The number of carbonyl (C=O) groups excluding carboxylic acids is 2. The monoisotopic (exact) mass is 977 g/mol. The number of aryl methyl sites for hydroxylation is 1. The van der Waals surface area contributed by atoms with Gasteiger partial charge in [0.15, 0.2) is 5.82 Å². The molecule has 1 spiro atoms. The third-order valence-corrected chi connectivity index (χ3v) is 17.4. The molecule has 4 saturated heterocycles. The Morgan fingerprint density at radius 3 is 2.46 bits per heavy atom. The van der Waals surface area contributed by atoms with Gasteiger partial charge in [-0.1, -0.05) is 36.3 Å². The number of amides is 2. The third kappa shape index (κ3) is 8.31. The van der Waals surface area contributed by atoms with Crippen LogP contribution >= 0.6 is 0 Å². The number of fused-ring (bicyclic) bond motifs is 3. The summed E-state index contributed by atoms with van der Waals surface area (Å²) in [6.45, 7) is 8.28. The van der Waals surface area contributed by atoms with Crippen LogP contribution < -0.4 is 20.6 Å². The summed E-state index contributed by atoms with van der Waals surface area (Å²) in [5.41, 5.74) is 2.40. The summed E-state index contributed by atoms with van der Waals surface area (Å²) < 4.78 is 41.8. The van der Waals surface area contributed by atoms with Gasteiger partial charge in [-0.15, -0.1) is 6.42 Å². The number of piperidine rings is 4. The number of nitrogens with one attached hydrogen (secondary N) is 1. The van der Waals surface area contributed by atoms with Crippen LogP contribution in [0.15, 0.2) is 59.5 Å². The van der Waals surface area contributed by atoms with Gasteiger partial charge in [-0.2, -0.15) is 9.97 Å². The molecule has 2 atom stereocenters. The zero-order valence-electron chi connectivity index (χ0n) is 41.1. The van der Waals surface area contributed by atoms with Gasteiger partial charge in [-0.25, -0.2) is 13.6 Å². The van der Waals surface area contributed by atoms with Crippen molar-refractivity contribution in [3.8, 4) is 29.6 Å². The van der Waals surface area contributed by atoms with Gasteiger partial charge in [0.1, 0.15) is 28.9 Å². The number of ether oxygens (including phenoxy) is 1. The lowest BCUT2D eigenvalue weighted by Gasteiger charge is -2.56. The van der Waals surface area contributed by atoms with E-state index in [2.05, 4.69) is 38.2 Å². The molecule has 3 aromatic heterocycles. The fourth-order valence-corrected chi connectivity index (χ4v) is 13.1. The van der Waals surface area contributed by atoms with Crippen LogP contribution in [0.2, 0.25) is 0 Å². The van der Waals surface area contributed by atoms with Crippen LogP contribution in [0.4, 0.5) is 14.6 Å². The lowest BCUT2D eigenvalue weighted by Crippen LogP contribution is -2.56. The van der Waals surface area contributed by atoms with Crippen molar-refractivity contribution in [1.82, 2.24) is 39.2 Å². The highest BCUT2D eigenvalue weighted by Gasteiger charge is 2.51. The maximum absolute atomic E-state index is 17.1. The van der Waals surface area contributed by atoms with E-state index in [1.807, 2.05) is 17.0 Å². The molecular formula is C56H61F2N9O5. The Bertz CT molecular complexity index is 3280. The Labute approximate surface area is 416 Å². The summed E-state index contributed by atoms with van der Waals surface area (Å²) in [5, 5.41) is 15.0. The maximum Gasteiger partial charge on any atom is 0.329 e. The smallest absolute Gasteiger partial charge is 0.329 e. The zero-order valence-corrected chi connectivity index (χ0v) is 41.1. The van der Waals surface area contributed by atoms with Crippen LogP contribution in [-0.2, 0) is 16.6 Å². The Hall–Kier alpha value is -6.28. The molecule has 0 bridgehead atoms. The molecule has 6 aromatic rings. The lowest BCUT2D eigenvalue weighted by atomic mass is 9.59. The Balaban J connectivity index is 0.683. The number of pyridine rings is 1. The number of terminal acetylenes is 1. The van der Waals surface area contributed by atoms with Crippen molar-refractivity contribution in [1.29, 1.82) is 0 Å². The van der Waals surface area contributed by atoms with Crippen LogP contribution in [-0.4, -0.2) is 115 Å². The predicted molar refractivity (Wildman–Crippen MR) is 271 cm³/mol. The number of nitrogens with zero attached hydrogens (tertiary/aromatic N) is 8. The number of aliphatic hydroxyl groups is 1. The molecule has 2 N–H and O–H groups in total. The van der Waals surface area contributed by atoms with Gasteiger partial charge in [0.05, 0.1) is 34.2 Å². The minimum Gasteiger partial charge on any atom is -0.463 e. The maximum atomic E-state index is 17.1. The van der Waals surface area contributed by atoms with Crippen LogP contribution in [0, 0.1) is 34.8 Å². The number of imidazole rings is 1. The average molecular weight is 978 g/mol. The number of anilines is 1. The van der Waals surface area contributed by atoms with Crippen molar-refractivity contribution in [3.63, 3.8) is 0 Å². The van der Waals surface area contributed by atoms with E-state index in [1.54, 1.807) is 47.5 Å². The first-order valence-electron chi connectivity index (χ1n) is 25.9. The van der Waals surface area contributed by atoms with Gasteiger partial charge in [0.2, 0.25) is 11.8 Å². The molecule has 2 amide bonds. The molecule has 7 heterocycles. The lowest BCUT2D eigenvalue weighted by molar-refractivity contribution is -0.135. The SMILES string of the molecule is C#Cc1c(F)ccc2cccc(-c3ncc4c(N5CCC[C@@](C)(O)C5)nc(OCC5(CN6CCC7(CC6)CC(N6CCC(c8ccc9c(c8)n(C)c(=O)n9C8CCC(=O)NC8=O)CC6)C7)CC5)nc4c3F)c12. The van der Waals surface area contributed by atoms with E-state index in [0.717, 1.165) is 75.9 Å². The molecule has 374 valence electrons. The highest BCUT2D eigenvalue weighted by Crippen LogP contribution is 2.53. The van der Waals surface area contributed by atoms with Crippen LogP contribution in [0.5, 0.6) is 6.01 Å². The molecule has 0 radical (unpaired) electrons. The quantitative estimate of drug-likeness (QED) is 0.105. The summed E-state index contributed by atoms with van der Waals surface area (Å²) in [6.07, 6.45) is 18.3. The number of halogens is 2. The second-order valence-corrected chi connectivity index (χ2v) is 22.4. The Morgan fingerprint density at radius 1 is 0.931 bits per heavy atom. The van der Waals surface area contributed by atoms with Crippen molar-refractivity contribution in [3.05, 3.63) is 88.0 Å². The fraction of sp³-hybridized carbons (Fsp3) is 0.500. The number of hydrogen-bond acceptors (Lipinski definition) is 11. The highest BCUT2D eigenvalue weighted by atomic mass is 19.1. The van der Waals surface area contributed by atoms with E-state index in [9.17, 15) is 19.5 Å². The van der Waals surface area contributed by atoms with Crippen LogP contribution in [0.25, 0.3) is 44.0 Å². The number of β-amino-alcohol motifs (C(OH)–C–C–N with tert-alkyl or cyclic N) is 1. The predicted octanol–water partition coefficient (Wildman–Crippen LogP) is 7.37. The number of rotatable bonds is 10. The van der Waals surface area contributed by atoms with E-state index in [1.165, 1.54) is 37.3 Å². The minimum atomic E-state index is -0.953. The third-order valence-electron chi connectivity index (χ3n) is 17.4. The van der Waals surface area contributed by atoms with Crippen molar-refractivity contribution in [2.24, 2.45) is 17.9 Å². The van der Waals surface area contributed by atoms with Crippen LogP contribution in [0.1, 0.15) is 107 Å². The van der Waals surface area contributed by atoms with Gasteiger partial charge < -0.3 is 24.5 Å².